The van der Waals surface area contributed by atoms with Crippen molar-refractivity contribution in [3.05, 3.63) is 48.2 Å². The van der Waals surface area contributed by atoms with Crippen molar-refractivity contribution in [2.75, 3.05) is 6.54 Å². The molecule has 110 valence electrons. The maximum absolute atomic E-state index is 9.92. The molecule has 1 atom stereocenters. The van der Waals surface area contributed by atoms with Gasteiger partial charge in [0.1, 0.15) is 11.9 Å². The molecule has 1 unspecified atom stereocenters. The molecule has 2 heterocycles. The molecule has 0 saturated heterocycles. The number of aryl methyl sites for hydroxylation is 1. The van der Waals surface area contributed by atoms with E-state index in [1.165, 1.54) is 12.1 Å². The molecule has 20 heavy (non-hydrogen) atoms. The summed E-state index contributed by atoms with van der Waals surface area (Å²) < 4.78 is 7.45. The Morgan fingerprint density at radius 3 is 2.85 bits per heavy atom. The maximum Gasteiger partial charge on any atom is 0.133 e. The average Bonchev–Trinajstić information content (AvgIpc) is 3.07. The van der Waals surface area contributed by atoms with E-state index in [0.717, 1.165) is 13.1 Å². The summed E-state index contributed by atoms with van der Waals surface area (Å²) in [7, 11) is 0. The van der Waals surface area contributed by atoms with E-state index in [1.54, 1.807) is 18.4 Å². The van der Waals surface area contributed by atoms with Crippen LogP contribution in [-0.4, -0.2) is 16.2 Å². The highest BCUT2D eigenvalue weighted by Crippen LogP contribution is 2.12. The van der Waals surface area contributed by atoms with Crippen molar-refractivity contribution >= 4 is 0 Å². The monoisotopic (exact) mass is 276 g/mol. The highest BCUT2D eigenvalue weighted by Gasteiger charge is 2.10. The Morgan fingerprint density at radius 2 is 2.15 bits per heavy atom. The van der Waals surface area contributed by atoms with Gasteiger partial charge in [-0.1, -0.05) is 13.8 Å². The third-order valence-corrected chi connectivity index (χ3v) is 3.39. The van der Waals surface area contributed by atoms with Gasteiger partial charge in [-0.05, 0) is 36.6 Å². The third-order valence-electron chi connectivity index (χ3n) is 3.39. The molecule has 0 aliphatic heterocycles. The van der Waals surface area contributed by atoms with Crippen molar-refractivity contribution in [1.82, 2.24) is 9.88 Å². The van der Waals surface area contributed by atoms with Gasteiger partial charge in [-0.15, -0.1) is 0 Å². The van der Waals surface area contributed by atoms with Crippen LogP contribution >= 0.6 is 0 Å². The summed E-state index contributed by atoms with van der Waals surface area (Å²) in [4.78, 5) is 0. The van der Waals surface area contributed by atoms with Gasteiger partial charge in [0.25, 0.3) is 0 Å². The Kier molecular flexibility index (Phi) is 5.44. The van der Waals surface area contributed by atoms with E-state index in [0.29, 0.717) is 18.2 Å². The van der Waals surface area contributed by atoms with E-state index in [2.05, 4.69) is 42.1 Å². The smallest absolute Gasteiger partial charge is 0.133 e. The first kappa shape index (κ1) is 14.9. The second kappa shape index (κ2) is 7.31. The lowest BCUT2D eigenvalue weighted by Crippen LogP contribution is -2.22. The minimum atomic E-state index is -0.593. The molecule has 0 aromatic carbocycles. The van der Waals surface area contributed by atoms with Crippen LogP contribution in [-0.2, 0) is 13.1 Å². The van der Waals surface area contributed by atoms with Crippen molar-refractivity contribution in [2.24, 2.45) is 5.92 Å². The normalized spacial score (nSPS) is 13.0. The van der Waals surface area contributed by atoms with Gasteiger partial charge in [0.15, 0.2) is 0 Å². The molecule has 0 fully saturated rings. The lowest BCUT2D eigenvalue weighted by molar-refractivity contribution is 0.147. The van der Waals surface area contributed by atoms with Gasteiger partial charge in [-0.25, -0.2) is 0 Å². The van der Waals surface area contributed by atoms with Crippen LogP contribution in [0.4, 0.5) is 0 Å². The fourth-order valence-electron chi connectivity index (χ4n) is 2.14. The first-order valence-corrected chi connectivity index (χ1v) is 7.23. The van der Waals surface area contributed by atoms with E-state index in [1.807, 2.05) is 0 Å². The van der Waals surface area contributed by atoms with Gasteiger partial charge >= 0.3 is 0 Å². The molecule has 0 spiro atoms. The van der Waals surface area contributed by atoms with Crippen LogP contribution in [0.15, 0.2) is 41.1 Å². The minimum Gasteiger partial charge on any atom is -0.467 e. The zero-order valence-corrected chi connectivity index (χ0v) is 12.2. The molecule has 0 amide bonds. The van der Waals surface area contributed by atoms with Crippen LogP contribution < -0.4 is 5.32 Å². The van der Waals surface area contributed by atoms with Crippen molar-refractivity contribution in [1.29, 1.82) is 0 Å². The lowest BCUT2D eigenvalue weighted by atomic mass is 10.1. The number of aliphatic hydroxyl groups excluding tert-OH is 1. The average molecular weight is 276 g/mol. The second-order valence-electron chi connectivity index (χ2n) is 5.54. The van der Waals surface area contributed by atoms with E-state index >= 15 is 0 Å². The van der Waals surface area contributed by atoms with Gasteiger partial charge < -0.3 is 19.4 Å². The van der Waals surface area contributed by atoms with Gasteiger partial charge in [0.2, 0.25) is 0 Å². The summed E-state index contributed by atoms with van der Waals surface area (Å²) >= 11 is 0. The maximum atomic E-state index is 9.92. The topological polar surface area (TPSA) is 50.3 Å². The number of aliphatic hydroxyl groups is 1. The predicted octanol–water partition coefficient (Wildman–Crippen LogP) is 2.95. The molecular formula is C16H24N2O2. The number of furan rings is 1. The fourth-order valence-corrected chi connectivity index (χ4v) is 2.14. The molecule has 2 N–H and O–H groups in total. The van der Waals surface area contributed by atoms with Gasteiger partial charge in [-0.2, -0.15) is 0 Å². The molecule has 2 aromatic rings. The second-order valence-corrected chi connectivity index (χ2v) is 5.54. The van der Waals surface area contributed by atoms with E-state index in [4.69, 9.17) is 4.42 Å². The highest BCUT2D eigenvalue weighted by atomic mass is 16.4. The number of hydrogen-bond donors (Lipinski definition) is 2. The summed E-state index contributed by atoms with van der Waals surface area (Å²) in [6.45, 7) is 6.76. The van der Waals surface area contributed by atoms with Crippen LogP contribution in [0.2, 0.25) is 0 Å². The van der Waals surface area contributed by atoms with Crippen molar-refractivity contribution < 1.29 is 9.52 Å². The van der Waals surface area contributed by atoms with Crippen LogP contribution in [0.25, 0.3) is 0 Å². The lowest BCUT2D eigenvalue weighted by Gasteiger charge is -2.13. The number of hydrogen-bond acceptors (Lipinski definition) is 3. The van der Waals surface area contributed by atoms with Gasteiger partial charge in [0.05, 0.1) is 6.26 Å². The highest BCUT2D eigenvalue weighted by molar-refractivity contribution is 5.07. The van der Waals surface area contributed by atoms with Crippen molar-refractivity contribution in [3.63, 3.8) is 0 Å². The van der Waals surface area contributed by atoms with Crippen LogP contribution in [0, 0.1) is 5.92 Å². The van der Waals surface area contributed by atoms with Gasteiger partial charge in [-0.3, -0.25) is 0 Å². The van der Waals surface area contributed by atoms with Crippen LogP contribution in [0.5, 0.6) is 0 Å². The molecule has 0 radical (unpaired) electrons. The number of nitrogens with zero attached hydrogens (tertiary/aromatic N) is 1. The van der Waals surface area contributed by atoms with Crippen LogP contribution in [0.1, 0.15) is 37.8 Å². The molecule has 4 nitrogen and oxygen atoms in total. The zero-order valence-electron chi connectivity index (χ0n) is 12.2. The first-order chi connectivity index (χ1) is 9.66. The molecule has 4 heteroatoms. The Morgan fingerprint density at radius 1 is 1.30 bits per heavy atom. The quantitative estimate of drug-likeness (QED) is 0.779. The molecule has 0 bridgehead atoms. The number of rotatable bonds is 8. The Labute approximate surface area is 120 Å². The van der Waals surface area contributed by atoms with Crippen molar-refractivity contribution in [3.8, 4) is 0 Å². The Balaban J connectivity index is 1.78. The van der Waals surface area contributed by atoms with E-state index in [-0.39, 0.29) is 0 Å². The number of aromatic nitrogens is 1. The minimum absolute atomic E-state index is 0.489. The standard InChI is InChI=1S/C16H24N2O2/c1-13(2)7-9-18-8-3-5-14(18)11-17-12-15(19)16-6-4-10-20-16/h3-6,8,10,13,15,17,19H,7,9,11-12H2,1-2H3. The summed E-state index contributed by atoms with van der Waals surface area (Å²) in [6, 6.07) is 7.76. The van der Waals surface area contributed by atoms with Gasteiger partial charge in [0, 0.05) is 31.5 Å². The SMILES string of the molecule is CC(C)CCn1cccc1CNCC(O)c1ccco1. The predicted molar refractivity (Wildman–Crippen MR) is 79.3 cm³/mol. The molecule has 0 aliphatic rings. The number of nitrogens with one attached hydrogen (secondary N) is 1. The molecule has 0 saturated carbocycles. The molecule has 2 rings (SSSR count). The summed E-state index contributed by atoms with van der Waals surface area (Å²) in [5.41, 5.74) is 1.25. The fraction of sp³-hybridized carbons (Fsp3) is 0.500. The Hall–Kier alpha value is -1.52. The van der Waals surface area contributed by atoms with E-state index < -0.39 is 6.10 Å². The first-order valence-electron chi connectivity index (χ1n) is 7.23. The summed E-state index contributed by atoms with van der Waals surface area (Å²) in [5.74, 6) is 1.31. The zero-order chi connectivity index (χ0) is 14.4. The Bertz CT molecular complexity index is 488. The van der Waals surface area contributed by atoms with Crippen molar-refractivity contribution in [2.45, 2.75) is 39.5 Å². The summed E-state index contributed by atoms with van der Waals surface area (Å²) in [5, 5.41) is 13.2. The van der Waals surface area contributed by atoms with Crippen LogP contribution in [0.3, 0.4) is 0 Å². The third kappa shape index (κ3) is 4.25. The summed E-state index contributed by atoms with van der Waals surface area (Å²) in [6.07, 6.45) is 4.28. The molecule has 0 aliphatic carbocycles. The largest absolute Gasteiger partial charge is 0.467 e. The van der Waals surface area contributed by atoms with E-state index in [9.17, 15) is 5.11 Å². The molecular weight excluding hydrogens is 252 g/mol. The molecule has 2 aromatic heterocycles.